The van der Waals surface area contributed by atoms with Crippen molar-refractivity contribution >= 4 is 6.08 Å². The lowest BCUT2D eigenvalue weighted by molar-refractivity contribution is 0.215. The van der Waals surface area contributed by atoms with E-state index in [1.807, 2.05) is 0 Å². The average molecular weight is 244 g/mol. The van der Waals surface area contributed by atoms with Gasteiger partial charge in [-0.3, -0.25) is 4.90 Å². The summed E-state index contributed by atoms with van der Waals surface area (Å²) in [5.74, 6) is 0. The molecule has 0 unspecified atom stereocenters. The summed E-state index contributed by atoms with van der Waals surface area (Å²) in [5, 5.41) is 3.53. The van der Waals surface area contributed by atoms with E-state index in [2.05, 4.69) is 53.5 Å². The van der Waals surface area contributed by atoms with Gasteiger partial charge in [-0.1, -0.05) is 48.4 Å². The zero-order valence-electron chi connectivity index (χ0n) is 11.4. The highest BCUT2D eigenvalue weighted by atomic mass is 15.2. The van der Waals surface area contributed by atoms with Gasteiger partial charge in [0.05, 0.1) is 0 Å². The van der Waals surface area contributed by atoms with Crippen molar-refractivity contribution in [3.8, 4) is 0 Å². The smallest absolute Gasteiger partial charge is 0.0482 e. The van der Waals surface area contributed by atoms with Crippen LogP contribution in [-0.4, -0.2) is 31.2 Å². The van der Waals surface area contributed by atoms with Gasteiger partial charge in [-0.2, -0.15) is 0 Å². The fourth-order valence-corrected chi connectivity index (χ4v) is 2.41. The topological polar surface area (TPSA) is 15.3 Å². The van der Waals surface area contributed by atoms with Crippen molar-refractivity contribution in [2.24, 2.45) is 0 Å². The van der Waals surface area contributed by atoms with Crippen LogP contribution in [0.15, 0.2) is 35.9 Å². The zero-order chi connectivity index (χ0) is 12.6. The lowest BCUT2D eigenvalue weighted by Crippen LogP contribution is -2.38. The Bertz CT molecular complexity index is 364. The third kappa shape index (κ3) is 4.63. The molecule has 1 heterocycles. The maximum Gasteiger partial charge on any atom is 0.0482 e. The van der Waals surface area contributed by atoms with Crippen LogP contribution in [0.25, 0.3) is 6.08 Å². The minimum atomic E-state index is 0.978. The van der Waals surface area contributed by atoms with Crippen LogP contribution in [0.5, 0.6) is 0 Å². The Hall–Kier alpha value is -1.12. The van der Waals surface area contributed by atoms with Crippen molar-refractivity contribution < 1.29 is 0 Å². The molecule has 1 aromatic carbocycles. The molecule has 1 saturated heterocycles. The second-order valence-electron chi connectivity index (χ2n) is 5.16. The van der Waals surface area contributed by atoms with E-state index in [0.29, 0.717) is 0 Å². The lowest BCUT2D eigenvalue weighted by atomic mass is 10.1. The van der Waals surface area contributed by atoms with Crippen LogP contribution in [0.4, 0.5) is 0 Å². The van der Waals surface area contributed by atoms with Crippen LogP contribution < -0.4 is 5.32 Å². The summed E-state index contributed by atoms with van der Waals surface area (Å²) in [5.41, 5.74) is 2.67. The second-order valence-corrected chi connectivity index (χ2v) is 5.16. The average Bonchev–Trinajstić information content (AvgIpc) is 2.41. The summed E-state index contributed by atoms with van der Waals surface area (Å²) < 4.78 is 0. The van der Waals surface area contributed by atoms with E-state index in [1.165, 1.54) is 43.5 Å². The molecule has 0 spiro atoms. The Morgan fingerprint density at radius 3 is 2.61 bits per heavy atom. The van der Waals surface area contributed by atoms with Crippen molar-refractivity contribution in [2.45, 2.75) is 26.2 Å². The van der Waals surface area contributed by atoms with Crippen molar-refractivity contribution in [1.29, 1.82) is 0 Å². The number of nitrogens with zero attached hydrogens (tertiary/aromatic N) is 1. The van der Waals surface area contributed by atoms with Crippen LogP contribution in [0.3, 0.4) is 0 Å². The molecule has 98 valence electrons. The quantitative estimate of drug-likeness (QED) is 0.856. The first kappa shape index (κ1) is 13.3. The largest absolute Gasteiger partial charge is 0.301 e. The van der Waals surface area contributed by atoms with Gasteiger partial charge in [0.25, 0.3) is 0 Å². The molecule has 0 bridgehead atoms. The van der Waals surface area contributed by atoms with Crippen molar-refractivity contribution in [3.63, 3.8) is 0 Å². The van der Waals surface area contributed by atoms with Gasteiger partial charge in [0.15, 0.2) is 0 Å². The molecule has 2 rings (SSSR count). The highest BCUT2D eigenvalue weighted by molar-refractivity contribution is 5.52. The normalized spacial score (nSPS) is 17.9. The van der Waals surface area contributed by atoms with Gasteiger partial charge < -0.3 is 5.32 Å². The Labute approximate surface area is 111 Å². The Morgan fingerprint density at radius 2 is 1.89 bits per heavy atom. The molecule has 2 heteroatoms. The highest BCUT2D eigenvalue weighted by Crippen LogP contribution is 2.08. The standard InChI is InChI=1S/C16H24N2/c1-15(12-16-8-4-2-5-9-16)13-17-14-18-10-6-3-7-11-18/h2,4-5,8-9,12,17H,3,6-7,10-11,13-14H2,1H3/b15-12+. The van der Waals surface area contributed by atoms with Crippen LogP contribution in [0, 0.1) is 0 Å². The first-order valence-corrected chi connectivity index (χ1v) is 7.00. The SMILES string of the molecule is C/C(=C\c1ccccc1)CNCN1CCCCC1. The van der Waals surface area contributed by atoms with Gasteiger partial charge in [-0.05, 0) is 38.4 Å². The summed E-state index contributed by atoms with van der Waals surface area (Å²) >= 11 is 0. The molecule has 0 amide bonds. The molecule has 0 aliphatic carbocycles. The molecule has 1 aliphatic rings. The molecule has 0 aromatic heterocycles. The molecule has 1 fully saturated rings. The van der Waals surface area contributed by atoms with Crippen LogP contribution in [0.2, 0.25) is 0 Å². The molecule has 0 saturated carbocycles. The molecule has 2 nitrogen and oxygen atoms in total. The maximum absolute atomic E-state index is 3.53. The van der Waals surface area contributed by atoms with E-state index >= 15 is 0 Å². The third-order valence-electron chi connectivity index (χ3n) is 3.40. The minimum Gasteiger partial charge on any atom is -0.301 e. The van der Waals surface area contributed by atoms with Gasteiger partial charge >= 0.3 is 0 Å². The van der Waals surface area contributed by atoms with E-state index in [-0.39, 0.29) is 0 Å². The molecular weight excluding hydrogens is 220 g/mol. The van der Waals surface area contributed by atoms with E-state index < -0.39 is 0 Å². The van der Waals surface area contributed by atoms with E-state index in [4.69, 9.17) is 0 Å². The number of piperidine rings is 1. The fraction of sp³-hybridized carbons (Fsp3) is 0.500. The summed E-state index contributed by atoms with van der Waals surface area (Å²) in [6.07, 6.45) is 6.38. The third-order valence-corrected chi connectivity index (χ3v) is 3.40. The predicted molar refractivity (Wildman–Crippen MR) is 78.4 cm³/mol. The maximum atomic E-state index is 3.53. The monoisotopic (exact) mass is 244 g/mol. The van der Waals surface area contributed by atoms with Gasteiger partial charge in [0.2, 0.25) is 0 Å². The number of nitrogens with one attached hydrogen (secondary N) is 1. The second kappa shape index (κ2) is 7.34. The fourth-order valence-electron chi connectivity index (χ4n) is 2.41. The van der Waals surface area contributed by atoms with Crippen LogP contribution >= 0.6 is 0 Å². The Kier molecular flexibility index (Phi) is 5.43. The van der Waals surface area contributed by atoms with Gasteiger partial charge in [0, 0.05) is 13.2 Å². The minimum absolute atomic E-state index is 0.978. The summed E-state index contributed by atoms with van der Waals surface area (Å²) in [7, 11) is 0. The Balaban J connectivity index is 1.71. The summed E-state index contributed by atoms with van der Waals surface area (Å²) in [6.45, 7) is 6.71. The van der Waals surface area contributed by atoms with Crippen molar-refractivity contribution in [1.82, 2.24) is 10.2 Å². The number of benzene rings is 1. The molecule has 18 heavy (non-hydrogen) atoms. The number of likely N-dealkylation sites (tertiary alicyclic amines) is 1. The summed E-state index contributed by atoms with van der Waals surface area (Å²) in [6, 6.07) is 10.5. The Morgan fingerprint density at radius 1 is 1.17 bits per heavy atom. The highest BCUT2D eigenvalue weighted by Gasteiger charge is 2.08. The first-order chi connectivity index (χ1) is 8.84. The van der Waals surface area contributed by atoms with E-state index in [1.54, 1.807) is 0 Å². The van der Waals surface area contributed by atoms with Crippen molar-refractivity contribution in [2.75, 3.05) is 26.3 Å². The molecule has 1 N–H and O–H groups in total. The number of hydrogen-bond donors (Lipinski definition) is 1. The predicted octanol–water partition coefficient (Wildman–Crippen LogP) is 3.12. The van der Waals surface area contributed by atoms with Crippen LogP contribution in [0.1, 0.15) is 31.7 Å². The molecule has 1 aliphatic heterocycles. The molecule has 0 radical (unpaired) electrons. The van der Waals surface area contributed by atoms with Crippen molar-refractivity contribution in [3.05, 3.63) is 41.5 Å². The molecule has 1 aromatic rings. The molecular formula is C16H24N2. The molecule has 0 atom stereocenters. The number of rotatable bonds is 5. The number of hydrogen-bond acceptors (Lipinski definition) is 2. The van der Waals surface area contributed by atoms with Gasteiger partial charge in [0.1, 0.15) is 0 Å². The van der Waals surface area contributed by atoms with E-state index in [9.17, 15) is 0 Å². The van der Waals surface area contributed by atoms with Crippen LogP contribution in [-0.2, 0) is 0 Å². The first-order valence-electron chi connectivity index (χ1n) is 7.00. The zero-order valence-corrected chi connectivity index (χ0v) is 11.4. The van der Waals surface area contributed by atoms with Gasteiger partial charge in [-0.15, -0.1) is 0 Å². The summed E-state index contributed by atoms with van der Waals surface area (Å²) in [4.78, 5) is 2.51. The van der Waals surface area contributed by atoms with Gasteiger partial charge in [-0.25, -0.2) is 0 Å². The van der Waals surface area contributed by atoms with E-state index in [0.717, 1.165) is 13.2 Å². The lowest BCUT2D eigenvalue weighted by Gasteiger charge is -2.26.